The Morgan fingerprint density at radius 3 is 2.25 bits per heavy atom. The zero-order chi connectivity index (χ0) is 9.42. The van der Waals surface area contributed by atoms with Gasteiger partial charge in [0.2, 0.25) is 0 Å². The van der Waals surface area contributed by atoms with Crippen LogP contribution in [0, 0.1) is 6.92 Å². The van der Waals surface area contributed by atoms with Gasteiger partial charge in [0.05, 0.1) is 5.52 Å². The van der Waals surface area contributed by atoms with Crippen LogP contribution in [-0.2, 0) is 0 Å². The zero-order valence-corrected chi connectivity index (χ0v) is 11.1. The van der Waals surface area contributed by atoms with Crippen molar-refractivity contribution in [3.63, 3.8) is 0 Å². The molecule has 0 amide bonds. The molecular weight excluding hydrogens is 268 g/mol. The number of pyridine rings is 1. The van der Waals surface area contributed by atoms with Gasteiger partial charge in [-0.1, -0.05) is 0 Å². The highest BCUT2D eigenvalue weighted by Gasteiger charge is 2.00. The van der Waals surface area contributed by atoms with Gasteiger partial charge in [-0.25, -0.2) is 0 Å². The molecule has 0 spiro atoms. The number of nitrogens with zero attached hydrogens (tertiary/aromatic N) is 1. The van der Waals surface area contributed by atoms with E-state index in [9.17, 15) is 0 Å². The number of aromatic nitrogens is 1. The standard InChI is InChI=1S/C10H11N3.3ClH/c1-6-4-9(12)8-5-7(11)2-3-10(8)13-6;;;/h2-5H,11H2,1H3,(H2,12,13);3*1H. The molecule has 0 aliphatic rings. The van der Waals surface area contributed by atoms with Gasteiger partial charge in [-0.2, -0.15) is 0 Å². The summed E-state index contributed by atoms with van der Waals surface area (Å²) in [5.41, 5.74) is 14.7. The molecule has 0 bridgehead atoms. The topological polar surface area (TPSA) is 64.9 Å². The molecule has 2 rings (SSSR count). The summed E-state index contributed by atoms with van der Waals surface area (Å²) in [6, 6.07) is 7.40. The summed E-state index contributed by atoms with van der Waals surface area (Å²) >= 11 is 0. The molecule has 2 aromatic rings. The second kappa shape index (κ2) is 6.63. The number of fused-ring (bicyclic) bond motifs is 1. The highest BCUT2D eigenvalue weighted by molar-refractivity contribution is 5.92. The van der Waals surface area contributed by atoms with Crippen molar-refractivity contribution in [1.29, 1.82) is 0 Å². The van der Waals surface area contributed by atoms with Crippen LogP contribution in [0.15, 0.2) is 24.3 Å². The van der Waals surface area contributed by atoms with Crippen LogP contribution < -0.4 is 11.5 Å². The molecule has 16 heavy (non-hydrogen) atoms. The number of nitrogen functional groups attached to an aromatic ring is 2. The first-order chi connectivity index (χ1) is 6.16. The molecule has 4 N–H and O–H groups in total. The van der Waals surface area contributed by atoms with E-state index < -0.39 is 0 Å². The summed E-state index contributed by atoms with van der Waals surface area (Å²) in [7, 11) is 0. The summed E-state index contributed by atoms with van der Waals surface area (Å²) in [6.45, 7) is 1.92. The third-order valence-corrected chi connectivity index (χ3v) is 1.99. The van der Waals surface area contributed by atoms with Crippen LogP contribution in [0.5, 0.6) is 0 Å². The van der Waals surface area contributed by atoms with E-state index in [4.69, 9.17) is 11.5 Å². The van der Waals surface area contributed by atoms with E-state index in [2.05, 4.69) is 4.98 Å². The fourth-order valence-electron chi connectivity index (χ4n) is 1.41. The van der Waals surface area contributed by atoms with Gasteiger partial charge in [0.15, 0.2) is 0 Å². The Morgan fingerprint density at radius 2 is 1.62 bits per heavy atom. The molecule has 90 valence electrons. The van der Waals surface area contributed by atoms with Gasteiger partial charge >= 0.3 is 0 Å². The SMILES string of the molecule is Cc1cc(N)c2cc(N)ccc2n1.Cl.Cl.Cl. The lowest BCUT2D eigenvalue weighted by molar-refractivity contribution is 1.26. The molecule has 1 aromatic heterocycles. The van der Waals surface area contributed by atoms with Gasteiger partial charge in [-0.3, -0.25) is 4.98 Å². The third kappa shape index (κ3) is 3.30. The zero-order valence-electron chi connectivity index (χ0n) is 8.64. The van der Waals surface area contributed by atoms with Crippen LogP contribution in [0.4, 0.5) is 11.4 Å². The molecule has 0 radical (unpaired) electrons. The number of anilines is 2. The van der Waals surface area contributed by atoms with Crippen LogP contribution in [0.2, 0.25) is 0 Å². The minimum atomic E-state index is 0. The summed E-state index contributed by atoms with van der Waals surface area (Å²) in [5, 5.41) is 0.922. The van der Waals surface area contributed by atoms with Gasteiger partial charge in [0.25, 0.3) is 0 Å². The highest BCUT2D eigenvalue weighted by Crippen LogP contribution is 2.22. The summed E-state index contributed by atoms with van der Waals surface area (Å²) < 4.78 is 0. The average molecular weight is 283 g/mol. The van der Waals surface area contributed by atoms with E-state index in [1.807, 2.05) is 31.2 Å². The fraction of sp³-hybridized carbons (Fsp3) is 0.100. The normalized spacial score (nSPS) is 8.56. The predicted octanol–water partition coefficient (Wildman–Crippen LogP) is 2.97. The number of rotatable bonds is 0. The monoisotopic (exact) mass is 281 g/mol. The summed E-state index contributed by atoms with van der Waals surface area (Å²) in [6.07, 6.45) is 0. The molecule has 0 fully saturated rings. The lowest BCUT2D eigenvalue weighted by Gasteiger charge is -2.03. The Morgan fingerprint density at radius 1 is 1.00 bits per heavy atom. The number of nitrogens with two attached hydrogens (primary N) is 2. The molecule has 0 atom stereocenters. The van der Waals surface area contributed by atoms with Crippen LogP contribution >= 0.6 is 37.2 Å². The maximum absolute atomic E-state index is 5.83. The van der Waals surface area contributed by atoms with E-state index in [-0.39, 0.29) is 37.2 Å². The maximum atomic E-state index is 5.83. The minimum absolute atomic E-state index is 0. The Hall–Kier alpha value is -0.900. The third-order valence-electron chi connectivity index (χ3n) is 1.99. The first kappa shape index (κ1) is 17.5. The van der Waals surface area contributed by atoms with E-state index in [1.165, 1.54) is 0 Å². The molecular formula is C10H14Cl3N3. The van der Waals surface area contributed by atoms with E-state index in [0.29, 0.717) is 5.69 Å². The van der Waals surface area contributed by atoms with E-state index in [0.717, 1.165) is 22.3 Å². The molecule has 0 aliphatic carbocycles. The van der Waals surface area contributed by atoms with Gasteiger partial charge in [-0.15, -0.1) is 37.2 Å². The Bertz CT molecular complexity index is 474. The van der Waals surface area contributed by atoms with Crippen molar-refractivity contribution < 1.29 is 0 Å². The number of hydrogen-bond acceptors (Lipinski definition) is 3. The van der Waals surface area contributed by atoms with E-state index in [1.54, 1.807) is 0 Å². The highest BCUT2D eigenvalue weighted by atomic mass is 35.5. The fourth-order valence-corrected chi connectivity index (χ4v) is 1.41. The maximum Gasteiger partial charge on any atom is 0.0727 e. The average Bonchev–Trinajstić information content (AvgIpc) is 2.06. The minimum Gasteiger partial charge on any atom is -0.399 e. The second-order valence-corrected chi connectivity index (χ2v) is 3.13. The largest absolute Gasteiger partial charge is 0.399 e. The van der Waals surface area contributed by atoms with Crippen molar-refractivity contribution in [3.8, 4) is 0 Å². The smallest absolute Gasteiger partial charge is 0.0727 e. The van der Waals surface area contributed by atoms with Crippen molar-refractivity contribution >= 4 is 59.5 Å². The number of halogens is 3. The van der Waals surface area contributed by atoms with E-state index >= 15 is 0 Å². The molecule has 0 saturated carbocycles. The van der Waals surface area contributed by atoms with Crippen molar-refractivity contribution in [2.75, 3.05) is 11.5 Å². The van der Waals surface area contributed by atoms with Gasteiger partial charge in [0.1, 0.15) is 0 Å². The Kier molecular flexibility index (Phi) is 7.25. The van der Waals surface area contributed by atoms with Crippen molar-refractivity contribution in [1.82, 2.24) is 4.98 Å². The predicted molar refractivity (Wildman–Crippen MR) is 77.0 cm³/mol. The summed E-state index contributed by atoms with van der Waals surface area (Å²) in [4.78, 5) is 4.34. The van der Waals surface area contributed by atoms with Crippen LogP contribution in [-0.4, -0.2) is 4.98 Å². The first-order valence-electron chi connectivity index (χ1n) is 4.09. The molecule has 3 nitrogen and oxygen atoms in total. The first-order valence-corrected chi connectivity index (χ1v) is 4.09. The van der Waals surface area contributed by atoms with Gasteiger partial charge in [-0.05, 0) is 31.2 Å². The van der Waals surface area contributed by atoms with Gasteiger partial charge < -0.3 is 11.5 Å². The molecule has 6 heteroatoms. The Balaban J connectivity index is 0. The molecule has 1 aromatic carbocycles. The van der Waals surface area contributed by atoms with Crippen LogP contribution in [0.1, 0.15) is 5.69 Å². The number of benzene rings is 1. The number of hydrogen-bond donors (Lipinski definition) is 2. The molecule has 0 aliphatic heterocycles. The van der Waals surface area contributed by atoms with Crippen LogP contribution in [0.3, 0.4) is 0 Å². The van der Waals surface area contributed by atoms with Crippen molar-refractivity contribution in [3.05, 3.63) is 30.0 Å². The summed E-state index contributed by atoms with van der Waals surface area (Å²) in [5.74, 6) is 0. The van der Waals surface area contributed by atoms with Crippen LogP contribution in [0.25, 0.3) is 10.9 Å². The quantitative estimate of drug-likeness (QED) is 0.730. The lowest BCUT2D eigenvalue weighted by Crippen LogP contribution is -1.93. The second-order valence-electron chi connectivity index (χ2n) is 3.13. The van der Waals surface area contributed by atoms with Crippen molar-refractivity contribution in [2.45, 2.75) is 6.92 Å². The van der Waals surface area contributed by atoms with Gasteiger partial charge in [0, 0.05) is 22.5 Å². The molecule has 1 heterocycles. The molecule has 0 saturated heterocycles. The number of aryl methyl sites for hydroxylation is 1. The molecule has 0 unspecified atom stereocenters. The Labute approximate surface area is 113 Å². The lowest BCUT2D eigenvalue weighted by atomic mass is 10.1. The van der Waals surface area contributed by atoms with Crippen molar-refractivity contribution in [2.24, 2.45) is 0 Å².